The fourth-order valence-electron chi connectivity index (χ4n) is 2.36. The fourth-order valence-corrected chi connectivity index (χ4v) is 2.36. The maximum Gasteiger partial charge on any atom is 0.226 e. The fraction of sp³-hybridized carbons (Fsp3) is 0.909. The molecule has 0 aromatic carbocycles. The van der Waals surface area contributed by atoms with Gasteiger partial charge >= 0.3 is 0 Å². The number of nitrogens with zero attached hydrogens (tertiary/aromatic N) is 1. The van der Waals surface area contributed by atoms with E-state index in [0.29, 0.717) is 11.9 Å². The van der Waals surface area contributed by atoms with Crippen molar-refractivity contribution in [1.82, 2.24) is 10.2 Å². The molecule has 4 heteroatoms. The maximum atomic E-state index is 12.1. The van der Waals surface area contributed by atoms with Gasteiger partial charge in [0.05, 0.1) is 0 Å². The van der Waals surface area contributed by atoms with Crippen LogP contribution in [0.3, 0.4) is 0 Å². The molecule has 86 valence electrons. The molecule has 2 rings (SSSR count). The molecule has 0 aliphatic carbocycles. The lowest BCUT2D eigenvalue weighted by atomic mass is 10.0. The zero-order valence-corrected chi connectivity index (χ0v) is 9.37. The van der Waals surface area contributed by atoms with E-state index in [4.69, 9.17) is 4.74 Å². The molecule has 2 aliphatic rings. The number of hydrogen-bond acceptors (Lipinski definition) is 3. The van der Waals surface area contributed by atoms with Gasteiger partial charge in [-0.1, -0.05) is 6.92 Å². The predicted octanol–water partition coefficient (Wildman–Crippen LogP) is 0.233. The third-order valence-electron chi connectivity index (χ3n) is 3.32. The summed E-state index contributed by atoms with van der Waals surface area (Å²) in [6.07, 6.45) is 2.00. The van der Waals surface area contributed by atoms with Gasteiger partial charge in [-0.2, -0.15) is 0 Å². The van der Waals surface area contributed by atoms with Gasteiger partial charge in [0.15, 0.2) is 0 Å². The second kappa shape index (κ2) is 4.94. The van der Waals surface area contributed by atoms with Gasteiger partial charge in [-0.15, -0.1) is 0 Å². The Morgan fingerprint density at radius 2 is 2.13 bits per heavy atom. The molecule has 2 aliphatic heterocycles. The highest BCUT2D eigenvalue weighted by molar-refractivity contribution is 5.79. The van der Waals surface area contributed by atoms with Gasteiger partial charge in [0.25, 0.3) is 0 Å². The van der Waals surface area contributed by atoms with E-state index in [2.05, 4.69) is 10.2 Å². The quantitative estimate of drug-likeness (QED) is 0.676. The van der Waals surface area contributed by atoms with Crippen LogP contribution in [0.1, 0.15) is 19.8 Å². The number of carbonyl (C=O) groups is 1. The van der Waals surface area contributed by atoms with Crippen molar-refractivity contribution in [2.75, 3.05) is 32.8 Å². The molecule has 2 fully saturated rings. The molecule has 2 saturated heterocycles. The number of nitrogens with one attached hydrogen (secondary N) is 1. The van der Waals surface area contributed by atoms with Crippen molar-refractivity contribution >= 4 is 5.91 Å². The van der Waals surface area contributed by atoms with Gasteiger partial charge < -0.3 is 15.0 Å². The van der Waals surface area contributed by atoms with E-state index >= 15 is 0 Å². The minimum atomic E-state index is 0.121. The molecule has 15 heavy (non-hydrogen) atoms. The molecule has 1 unspecified atom stereocenters. The Morgan fingerprint density at radius 3 is 2.87 bits per heavy atom. The molecule has 0 saturated carbocycles. The average Bonchev–Trinajstić information content (AvgIpc) is 2.44. The Hall–Kier alpha value is -0.610. The summed E-state index contributed by atoms with van der Waals surface area (Å²) in [6.45, 7) is 6.21. The van der Waals surface area contributed by atoms with Gasteiger partial charge in [-0.05, 0) is 12.8 Å². The number of rotatable bonds is 1. The van der Waals surface area contributed by atoms with E-state index in [0.717, 1.165) is 45.7 Å². The summed E-state index contributed by atoms with van der Waals surface area (Å²) in [7, 11) is 0. The summed E-state index contributed by atoms with van der Waals surface area (Å²) in [5.74, 6) is 0.433. The van der Waals surface area contributed by atoms with E-state index in [1.165, 1.54) is 0 Å². The van der Waals surface area contributed by atoms with Crippen molar-refractivity contribution in [2.45, 2.75) is 25.8 Å². The number of hydrogen-bond donors (Lipinski definition) is 1. The largest absolute Gasteiger partial charge is 0.381 e. The molecule has 0 spiro atoms. The number of ether oxygens (including phenoxy) is 1. The monoisotopic (exact) mass is 212 g/mol. The van der Waals surface area contributed by atoms with Crippen LogP contribution in [0.15, 0.2) is 0 Å². The summed E-state index contributed by atoms with van der Waals surface area (Å²) in [5, 5.41) is 3.30. The van der Waals surface area contributed by atoms with Gasteiger partial charge in [0, 0.05) is 44.8 Å². The minimum absolute atomic E-state index is 0.121. The van der Waals surface area contributed by atoms with Crippen LogP contribution in [0.25, 0.3) is 0 Å². The first-order valence-corrected chi connectivity index (χ1v) is 5.88. The number of amides is 1. The molecular weight excluding hydrogens is 192 g/mol. The zero-order valence-electron chi connectivity index (χ0n) is 9.37. The maximum absolute atomic E-state index is 12.1. The normalized spacial score (nSPS) is 30.3. The summed E-state index contributed by atoms with van der Waals surface area (Å²) >= 11 is 0. The van der Waals surface area contributed by atoms with E-state index < -0.39 is 0 Å². The highest BCUT2D eigenvalue weighted by Gasteiger charge is 2.29. The third-order valence-corrected chi connectivity index (χ3v) is 3.32. The highest BCUT2D eigenvalue weighted by atomic mass is 16.5. The Kier molecular flexibility index (Phi) is 3.59. The van der Waals surface area contributed by atoms with Crippen molar-refractivity contribution in [3.8, 4) is 0 Å². The molecule has 1 N–H and O–H groups in total. The van der Waals surface area contributed by atoms with Crippen LogP contribution in [0.2, 0.25) is 0 Å². The average molecular weight is 212 g/mol. The summed E-state index contributed by atoms with van der Waals surface area (Å²) in [5.41, 5.74) is 0. The Morgan fingerprint density at radius 1 is 1.40 bits per heavy atom. The topological polar surface area (TPSA) is 41.6 Å². The molecule has 2 heterocycles. The standard InChI is InChI=1S/C11H20N2O2/c1-9-8-12-4-5-13(11(9)14)10-2-6-15-7-3-10/h9-10,12H,2-8H2,1H3. The second-order valence-electron chi connectivity index (χ2n) is 4.48. The first-order valence-electron chi connectivity index (χ1n) is 5.88. The van der Waals surface area contributed by atoms with E-state index in [9.17, 15) is 4.79 Å². The van der Waals surface area contributed by atoms with Crippen LogP contribution >= 0.6 is 0 Å². The van der Waals surface area contributed by atoms with Crippen molar-refractivity contribution in [1.29, 1.82) is 0 Å². The van der Waals surface area contributed by atoms with Crippen LogP contribution in [0.4, 0.5) is 0 Å². The Bertz CT molecular complexity index is 227. The summed E-state index contributed by atoms with van der Waals surface area (Å²) in [6, 6.07) is 0.411. The zero-order chi connectivity index (χ0) is 10.7. The smallest absolute Gasteiger partial charge is 0.226 e. The highest BCUT2D eigenvalue weighted by Crippen LogP contribution is 2.17. The van der Waals surface area contributed by atoms with Gasteiger partial charge in [-0.3, -0.25) is 4.79 Å². The van der Waals surface area contributed by atoms with Gasteiger partial charge in [0.2, 0.25) is 5.91 Å². The lowest BCUT2D eigenvalue weighted by Crippen LogP contribution is -2.45. The lowest BCUT2D eigenvalue weighted by Gasteiger charge is -2.34. The van der Waals surface area contributed by atoms with E-state index in [-0.39, 0.29) is 5.92 Å². The summed E-state index contributed by atoms with van der Waals surface area (Å²) < 4.78 is 5.33. The molecule has 1 amide bonds. The van der Waals surface area contributed by atoms with Crippen LogP contribution < -0.4 is 5.32 Å². The van der Waals surface area contributed by atoms with Crippen LogP contribution in [-0.2, 0) is 9.53 Å². The van der Waals surface area contributed by atoms with Crippen LogP contribution in [-0.4, -0.2) is 49.7 Å². The molecule has 1 atom stereocenters. The van der Waals surface area contributed by atoms with Crippen molar-refractivity contribution < 1.29 is 9.53 Å². The summed E-state index contributed by atoms with van der Waals surface area (Å²) in [4.78, 5) is 14.2. The minimum Gasteiger partial charge on any atom is -0.381 e. The third kappa shape index (κ3) is 2.49. The van der Waals surface area contributed by atoms with Crippen LogP contribution in [0, 0.1) is 5.92 Å². The van der Waals surface area contributed by atoms with Crippen molar-refractivity contribution in [3.05, 3.63) is 0 Å². The Labute approximate surface area is 91.0 Å². The van der Waals surface area contributed by atoms with Gasteiger partial charge in [0.1, 0.15) is 0 Å². The van der Waals surface area contributed by atoms with Crippen molar-refractivity contribution in [2.24, 2.45) is 5.92 Å². The molecule has 0 aromatic heterocycles. The van der Waals surface area contributed by atoms with E-state index in [1.54, 1.807) is 0 Å². The van der Waals surface area contributed by atoms with Crippen molar-refractivity contribution in [3.63, 3.8) is 0 Å². The second-order valence-corrected chi connectivity index (χ2v) is 4.48. The molecule has 0 aromatic rings. The molecular formula is C11H20N2O2. The Balaban J connectivity index is 2.00. The molecule has 0 bridgehead atoms. The molecule has 0 radical (unpaired) electrons. The first-order chi connectivity index (χ1) is 7.29. The van der Waals surface area contributed by atoms with Gasteiger partial charge in [-0.25, -0.2) is 0 Å². The lowest BCUT2D eigenvalue weighted by molar-refractivity contribution is -0.138. The molecule has 4 nitrogen and oxygen atoms in total. The number of carbonyl (C=O) groups excluding carboxylic acids is 1. The first kappa shape index (κ1) is 10.9. The van der Waals surface area contributed by atoms with Crippen LogP contribution in [0.5, 0.6) is 0 Å². The SMILES string of the molecule is CC1CNCCN(C2CCOCC2)C1=O. The predicted molar refractivity (Wildman–Crippen MR) is 57.6 cm³/mol. The van der Waals surface area contributed by atoms with E-state index in [1.807, 2.05) is 6.92 Å².